The van der Waals surface area contributed by atoms with Crippen molar-refractivity contribution in [1.82, 2.24) is 14.8 Å². The summed E-state index contributed by atoms with van der Waals surface area (Å²) in [6.45, 7) is 1.73. The van der Waals surface area contributed by atoms with E-state index in [-0.39, 0.29) is 5.28 Å². The van der Waals surface area contributed by atoms with E-state index in [0.717, 1.165) is 4.57 Å². The maximum absolute atomic E-state index is 13.6. The highest BCUT2D eigenvalue weighted by Gasteiger charge is 2.19. The van der Waals surface area contributed by atoms with Crippen molar-refractivity contribution < 1.29 is 13.2 Å². The largest absolute Gasteiger partial charge is 0.264 e. The average Bonchev–Trinajstić information content (AvgIpc) is 2.59. The van der Waals surface area contributed by atoms with Crippen LogP contribution in [0.3, 0.4) is 0 Å². The van der Waals surface area contributed by atoms with Crippen LogP contribution in [0.5, 0.6) is 0 Å². The summed E-state index contributed by atoms with van der Waals surface area (Å²) in [5.74, 6) is -2.82. The molecule has 0 N–H and O–H groups in total. The normalized spacial score (nSPS) is 10.9. The second kappa shape index (κ2) is 4.37. The number of halogens is 4. The molecule has 1 aromatic carbocycles. The summed E-state index contributed by atoms with van der Waals surface area (Å²) < 4.78 is 40.9. The number of hydrogen-bond donors (Lipinski definition) is 0. The smallest absolute Gasteiger partial charge is 0.229 e. The van der Waals surface area contributed by atoms with Gasteiger partial charge in [-0.2, -0.15) is 0 Å². The van der Waals surface area contributed by atoms with Crippen LogP contribution < -0.4 is 0 Å². The summed E-state index contributed by atoms with van der Waals surface area (Å²) >= 11 is 5.70. The molecule has 1 aromatic heterocycles. The Morgan fingerprint density at radius 2 is 1.76 bits per heavy atom. The lowest BCUT2D eigenvalue weighted by Crippen LogP contribution is -2.06. The highest BCUT2D eigenvalue weighted by atomic mass is 35.5. The SMILES string of the molecule is CCc1nnc(Cl)n1-c1c(F)cc(F)cc1F. The quantitative estimate of drug-likeness (QED) is 0.832. The standard InChI is InChI=1S/C10H7ClF3N3/c1-2-8-15-16-10(11)17(8)9-6(13)3-5(12)4-7(9)14/h3-4H,2H2,1H3. The second-order valence-corrected chi connectivity index (χ2v) is 3.63. The van der Waals surface area contributed by atoms with Gasteiger partial charge in [0.15, 0.2) is 11.6 Å². The van der Waals surface area contributed by atoms with Crippen LogP contribution in [0.15, 0.2) is 12.1 Å². The van der Waals surface area contributed by atoms with Gasteiger partial charge < -0.3 is 0 Å². The number of aromatic nitrogens is 3. The van der Waals surface area contributed by atoms with Crippen molar-refractivity contribution in [2.45, 2.75) is 13.3 Å². The maximum Gasteiger partial charge on any atom is 0.229 e. The van der Waals surface area contributed by atoms with Gasteiger partial charge in [0.1, 0.15) is 17.3 Å². The molecule has 0 aliphatic rings. The Kier molecular flexibility index (Phi) is 3.06. The molecule has 0 unspecified atom stereocenters. The Labute approximate surface area is 99.8 Å². The molecule has 2 rings (SSSR count). The van der Waals surface area contributed by atoms with Gasteiger partial charge in [0.2, 0.25) is 5.28 Å². The van der Waals surface area contributed by atoms with Gasteiger partial charge in [-0.1, -0.05) is 6.92 Å². The Balaban J connectivity index is 2.72. The highest BCUT2D eigenvalue weighted by Crippen LogP contribution is 2.24. The van der Waals surface area contributed by atoms with Gasteiger partial charge in [-0.25, -0.2) is 13.2 Å². The monoisotopic (exact) mass is 261 g/mol. The van der Waals surface area contributed by atoms with Gasteiger partial charge in [-0.15, -0.1) is 10.2 Å². The Morgan fingerprint density at radius 1 is 1.18 bits per heavy atom. The molecule has 1 heterocycles. The van der Waals surface area contributed by atoms with Crippen molar-refractivity contribution in [1.29, 1.82) is 0 Å². The molecule has 17 heavy (non-hydrogen) atoms. The lowest BCUT2D eigenvalue weighted by molar-refractivity contribution is 0.532. The molecule has 3 nitrogen and oxygen atoms in total. The van der Waals surface area contributed by atoms with Crippen LogP contribution in [0.25, 0.3) is 5.69 Å². The summed E-state index contributed by atoms with van der Waals surface area (Å²) in [5, 5.41) is 7.01. The predicted molar refractivity (Wildman–Crippen MR) is 55.6 cm³/mol. The lowest BCUT2D eigenvalue weighted by Gasteiger charge is -2.09. The first-order valence-electron chi connectivity index (χ1n) is 4.79. The van der Waals surface area contributed by atoms with E-state index < -0.39 is 23.1 Å². The molecule has 0 aliphatic heterocycles. The summed E-state index contributed by atoms with van der Waals surface area (Å²) in [6, 6.07) is 1.16. The number of rotatable bonds is 2. The van der Waals surface area contributed by atoms with Crippen molar-refractivity contribution in [3.05, 3.63) is 40.7 Å². The number of hydrogen-bond acceptors (Lipinski definition) is 2. The van der Waals surface area contributed by atoms with Crippen molar-refractivity contribution >= 4 is 11.6 Å². The maximum atomic E-state index is 13.6. The van der Waals surface area contributed by atoms with E-state index in [4.69, 9.17) is 11.6 Å². The Bertz CT molecular complexity index is 545. The molecule has 90 valence electrons. The molecule has 0 fully saturated rings. The molecule has 0 spiro atoms. The van der Waals surface area contributed by atoms with Crippen LogP contribution in [0.1, 0.15) is 12.7 Å². The third-order valence-corrected chi connectivity index (χ3v) is 2.46. The van der Waals surface area contributed by atoms with Crippen molar-refractivity contribution in [2.75, 3.05) is 0 Å². The summed E-state index contributed by atoms with van der Waals surface area (Å²) in [6.07, 6.45) is 0.385. The van der Waals surface area contributed by atoms with Crippen LogP contribution >= 0.6 is 11.6 Å². The molecular weight excluding hydrogens is 255 g/mol. The average molecular weight is 262 g/mol. The van der Waals surface area contributed by atoms with Gasteiger partial charge >= 0.3 is 0 Å². The molecule has 0 saturated heterocycles. The lowest BCUT2D eigenvalue weighted by atomic mass is 10.2. The van der Waals surface area contributed by atoms with E-state index in [2.05, 4.69) is 10.2 Å². The Morgan fingerprint density at radius 3 is 2.29 bits per heavy atom. The minimum atomic E-state index is -1.06. The van der Waals surface area contributed by atoms with E-state index in [1.54, 1.807) is 6.92 Å². The molecule has 2 aromatic rings. The second-order valence-electron chi connectivity index (χ2n) is 3.29. The molecule has 0 bridgehead atoms. The van der Waals surface area contributed by atoms with E-state index in [9.17, 15) is 13.2 Å². The van der Waals surface area contributed by atoms with Crippen LogP contribution in [0.2, 0.25) is 5.28 Å². The molecular formula is C10H7ClF3N3. The zero-order chi connectivity index (χ0) is 12.6. The number of nitrogens with zero attached hydrogens (tertiary/aromatic N) is 3. The topological polar surface area (TPSA) is 30.7 Å². The van der Waals surface area contributed by atoms with Crippen molar-refractivity contribution in [2.24, 2.45) is 0 Å². The van der Waals surface area contributed by atoms with Gasteiger partial charge in [0.05, 0.1) is 0 Å². The van der Waals surface area contributed by atoms with E-state index in [0.29, 0.717) is 24.4 Å². The zero-order valence-electron chi connectivity index (χ0n) is 8.72. The minimum Gasteiger partial charge on any atom is -0.264 e. The fourth-order valence-electron chi connectivity index (χ4n) is 1.49. The van der Waals surface area contributed by atoms with Crippen molar-refractivity contribution in [3.8, 4) is 5.69 Å². The third-order valence-electron chi connectivity index (χ3n) is 2.21. The number of aryl methyl sites for hydroxylation is 1. The summed E-state index contributed by atoms with van der Waals surface area (Å²) in [7, 11) is 0. The first kappa shape index (κ1) is 11.9. The van der Waals surface area contributed by atoms with Gasteiger partial charge in [-0.05, 0) is 11.6 Å². The van der Waals surface area contributed by atoms with Crippen molar-refractivity contribution in [3.63, 3.8) is 0 Å². The Hall–Kier alpha value is -1.56. The molecule has 7 heteroatoms. The highest BCUT2D eigenvalue weighted by molar-refractivity contribution is 6.28. The van der Waals surface area contributed by atoms with Crippen LogP contribution in [0.4, 0.5) is 13.2 Å². The van der Waals surface area contributed by atoms with E-state index in [1.165, 1.54) is 0 Å². The predicted octanol–water partition coefficient (Wildman–Crippen LogP) is 2.90. The summed E-state index contributed by atoms with van der Waals surface area (Å²) in [5.41, 5.74) is -0.474. The third kappa shape index (κ3) is 2.00. The number of benzene rings is 1. The van der Waals surface area contributed by atoms with E-state index in [1.807, 2.05) is 0 Å². The fourth-order valence-corrected chi connectivity index (χ4v) is 1.71. The molecule has 0 amide bonds. The van der Waals surface area contributed by atoms with Gasteiger partial charge in [0, 0.05) is 18.6 Å². The summed E-state index contributed by atoms with van der Waals surface area (Å²) in [4.78, 5) is 0. The van der Waals surface area contributed by atoms with Gasteiger partial charge in [-0.3, -0.25) is 4.57 Å². The fraction of sp³-hybridized carbons (Fsp3) is 0.200. The van der Waals surface area contributed by atoms with E-state index >= 15 is 0 Å². The first-order chi connectivity index (χ1) is 8.04. The molecule has 0 saturated carbocycles. The van der Waals surface area contributed by atoms with Gasteiger partial charge in [0.25, 0.3) is 0 Å². The van der Waals surface area contributed by atoms with Crippen LogP contribution in [-0.2, 0) is 6.42 Å². The first-order valence-corrected chi connectivity index (χ1v) is 5.17. The molecule has 0 radical (unpaired) electrons. The molecule has 0 aliphatic carbocycles. The minimum absolute atomic E-state index is 0.175. The zero-order valence-corrected chi connectivity index (χ0v) is 9.47. The van der Waals surface area contributed by atoms with Crippen LogP contribution in [0, 0.1) is 17.5 Å². The molecule has 0 atom stereocenters. The van der Waals surface area contributed by atoms with Crippen LogP contribution in [-0.4, -0.2) is 14.8 Å².